The lowest BCUT2D eigenvalue weighted by atomic mass is 9.92. The summed E-state index contributed by atoms with van der Waals surface area (Å²) >= 11 is 2.29. The first-order valence-electron chi connectivity index (χ1n) is 21.6. The number of carbonyl (C=O) groups is 3. The average Bonchev–Trinajstić information content (AvgIpc) is 3.87. The van der Waals surface area contributed by atoms with E-state index in [9.17, 15) is 55.2 Å². The molecule has 0 radical (unpaired) electrons. The van der Waals surface area contributed by atoms with Crippen molar-refractivity contribution in [1.82, 2.24) is 20.4 Å². The number of nitrogens with zero attached hydrogens (tertiary/aromatic N) is 2. The van der Waals surface area contributed by atoms with Crippen molar-refractivity contribution in [2.45, 2.75) is 149 Å². The molecule has 19 nitrogen and oxygen atoms in total. The van der Waals surface area contributed by atoms with Crippen LogP contribution in [0.25, 0.3) is 0 Å². The molecule has 0 aliphatic carbocycles. The third kappa shape index (κ3) is 13.6. The normalized spacial score (nSPS) is 34.5. The lowest BCUT2D eigenvalue weighted by Crippen LogP contribution is -2.66. The maximum Gasteiger partial charge on any atom is 0.341 e. The summed E-state index contributed by atoms with van der Waals surface area (Å²) in [5, 5.41) is 88.0. The highest BCUT2D eigenvalue weighted by Gasteiger charge is 2.50. The average molecular weight is 935 g/mol. The number of ether oxygens (including phenoxy) is 4. The number of methoxy groups -OCH3 is 1. The second-order valence-corrected chi connectivity index (χ2v) is 19.0. The Labute approximate surface area is 378 Å². The number of nitrogens with one attached hydrogen (secondary N) is 2. The van der Waals surface area contributed by atoms with Crippen LogP contribution in [0.5, 0.6) is 5.75 Å². The molecule has 21 heteroatoms. The van der Waals surface area contributed by atoms with E-state index >= 15 is 0 Å². The molecule has 10 N–H and O–H groups in total. The fraction of sp³-hybridized carbons (Fsp3) is 0.786. The predicted molar refractivity (Wildman–Crippen MR) is 235 cm³/mol. The monoisotopic (exact) mass is 934 g/mol. The van der Waals surface area contributed by atoms with Crippen molar-refractivity contribution in [2.24, 2.45) is 5.92 Å². The summed E-state index contributed by atoms with van der Waals surface area (Å²) in [6.45, 7) is 6.97. The van der Waals surface area contributed by atoms with Gasteiger partial charge in [-0.1, -0.05) is 25.5 Å². The van der Waals surface area contributed by atoms with Crippen LogP contribution >= 0.6 is 23.5 Å². The van der Waals surface area contributed by atoms with Gasteiger partial charge in [-0.3, -0.25) is 19.4 Å². The standard InChI is InChI=1S/C24H36N2O9S.C18H34N2O6S/c1-13(33-3)17(25-22(31)15-8-6-10-26(15)2)21-19(29)18(28)20(30)24(35-21)36-12-11-34-23(32)14-7-4-5-9-16(14)27;1-5-6-10-7-11(20(3)8-10)17(25)19-12(9(2)21)16-14(23)13(22)15(24)18(26-16)27-4/h4-5,7,9,13,15,17-21,24,27-30H,6,8,10-12H2,1-3H3,(H,25,31);9-16,18,21-24H,5-8H2,1-4H3,(H,19,25)/t13-,15+,17-,18+,19-,20-,21-,24-;9-,10-,11+,12-,13+,14-,15-,16-,18-/m11/s1. The third-order valence-electron chi connectivity index (χ3n) is 12.3. The molecular formula is C42H70N4O15S2. The van der Waals surface area contributed by atoms with Crippen LogP contribution in [0.2, 0.25) is 0 Å². The summed E-state index contributed by atoms with van der Waals surface area (Å²) in [5.74, 6) is -0.652. The van der Waals surface area contributed by atoms with Gasteiger partial charge in [-0.25, -0.2) is 4.79 Å². The van der Waals surface area contributed by atoms with E-state index in [1.54, 1.807) is 25.3 Å². The fourth-order valence-electron chi connectivity index (χ4n) is 8.58. The zero-order valence-electron chi connectivity index (χ0n) is 37.1. The third-order valence-corrected chi connectivity index (χ3v) is 14.3. The molecule has 0 saturated carbocycles. The number of hydrogen-bond donors (Lipinski definition) is 10. The van der Waals surface area contributed by atoms with Crippen molar-refractivity contribution < 1.29 is 74.2 Å². The molecule has 0 spiro atoms. The Balaban J connectivity index is 0.000000288. The molecule has 4 aliphatic rings. The molecule has 1 aromatic rings. The molecule has 4 fully saturated rings. The van der Waals surface area contributed by atoms with Gasteiger partial charge in [0.1, 0.15) is 77.6 Å². The summed E-state index contributed by atoms with van der Waals surface area (Å²) in [5.41, 5.74) is -1.68. The summed E-state index contributed by atoms with van der Waals surface area (Å²) in [6.07, 6.45) is -5.91. The van der Waals surface area contributed by atoms with E-state index < -0.39 is 90.0 Å². The summed E-state index contributed by atoms with van der Waals surface area (Å²) in [4.78, 5) is 41.9. The van der Waals surface area contributed by atoms with Gasteiger partial charge in [0, 0.05) is 19.4 Å². The van der Waals surface area contributed by atoms with Crippen LogP contribution in [-0.4, -0.2) is 217 Å². The number of carbonyl (C=O) groups excluding carboxylic acids is 3. The Hall–Kier alpha value is -2.35. The number of likely N-dealkylation sites (tertiary alicyclic amines) is 2. The van der Waals surface area contributed by atoms with Crippen LogP contribution in [0.3, 0.4) is 0 Å². The van der Waals surface area contributed by atoms with Gasteiger partial charge in [0.25, 0.3) is 0 Å². The predicted octanol–water partition coefficient (Wildman–Crippen LogP) is -1.15. The number of esters is 1. The van der Waals surface area contributed by atoms with E-state index in [-0.39, 0.29) is 47.6 Å². The SMILES string of the molecule is CCC[C@@H]1C[C@@H](C(=O)N[C@@H]([C@H]2O[C@H](SC)[C@H](O)[C@@H](O)[C@H]2O)[C@@H](C)O)N(C)C1.CO[C@H](C)[C@@H](NC(=O)[C@@H]1CCCN1C)[C@H]1O[C@H](SCCOC(=O)c2ccccc2O)[C@H](O)[C@@H](O)[C@H]1O. The number of benzene rings is 1. The van der Waals surface area contributed by atoms with Gasteiger partial charge in [0.05, 0.1) is 36.4 Å². The van der Waals surface area contributed by atoms with Crippen molar-refractivity contribution in [3.05, 3.63) is 29.8 Å². The lowest BCUT2D eigenvalue weighted by molar-refractivity contribution is -0.212. The number of rotatable bonds is 17. The Morgan fingerprint density at radius 2 is 1.44 bits per heavy atom. The highest BCUT2D eigenvalue weighted by molar-refractivity contribution is 7.99. The zero-order valence-corrected chi connectivity index (χ0v) is 38.8. The summed E-state index contributed by atoms with van der Waals surface area (Å²) in [7, 11) is 5.25. The van der Waals surface area contributed by atoms with Crippen LogP contribution in [0.15, 0.2) is 24.3 Å². The van der Waals surface area contributed by atoms with Gasteiger partial charge >= 0.3 is 5.97 Å². The van der Waals surface area contributed by atoms with Crippen LogP contribution < -0.4 is 10.6 Å². The highest BCUT2D eigenvalue weighted by atomic mass is 32.2. The van der Waals surface area contributed by atoms with E-state index in [0.29, 0.717) is 12.3 Å². The molecule has 4 aliphatic heterocycles. The molecule has 4 saturated heterocycles. The Morgan fingerprint density at radius 3 is 2.02 bits per heavy atom. The van der Waals surface area contributed by atoms with E-state index in [1.807, 2.05) is 23.9 Å². The van der Waals surface area contributed by atoms with Crippen molar-refractivity contribution in [3.63, 3.8) is 0 Å². The molecule has 0 unspecified atom stereocenters. The molecule has 0 aromatic heterocycles. The number of aliphatic hydroxyl groups is 7. The molecule has 4 heterocycles. The number of likely N-dealkylation sites (N-methyl/N-ethyl adjacent to an activating group) is 2. The van der Waals surface area contributed by atoms with Gasteiger partial charge in [0.2, 0.25) is 11.8 Å². The molecule has 0 bridgehead atoms. The number of para-hydroxylation sites is 1. The quantitative estimate of drug-likeness (QED) is 0.0652. The van der Waals surface area contributed by atoms with Gasteiger partial charge in [-0.05, 0) is 84.5 Å². The summed E-state index contributed by atoms with van der Waals surface area (Å²) in [6, 6.07) is 3.71. The van der Waals surface area contributed by atoms with Crippen LogP contribution in [0.4, 0.5) is 0 Å². The maximum absolute atomic E-state index is 13.0. The van der Waals surface area contributed by atoms with Gasteiger partial charge in [-0.2, -0.15) is 0 Å². The number of phenolic OH excluding ortho intramolecular Hbond substituents is 1. The van der Waals surface area contributed by atoms with Crippen molar-refractivity contribution in [1.29, 1.82) is 0 Å². The second-order valence-electron chi connectivity index (χ2n) is 16.9. The summed E-state index contributed by atoms with van der Waals surface area (Å²) < 4.78 is 22.3. The van der Waals surface area contributed by atoms with Crippen LogP contribution in [-0.2, 0) is 28.5 Å². The second kappa shape index (κ2) is 25.0. The molecule has 360 valence electrons. The molecule has 5 rings (SSSR count). The van der Waals surface area contributed by atoms with Crippen LogP contribution in [0, 0.1) is 5.92 Å². The van der Waals surface area contributed by atoms with Crippen molar-refractivity contribution in [2.75, 3.05) is 52.9 Å². The number of aliphatic hydroxyl groups excluding tert-OH is 7. The van der Waals surface area contributed by atoms with E-state index in [4.69, 9.17) is 18.9 Å². The maximum atomic E-state index is 13.0. The van der Waals surface area contributed by atoms with Crippen molar-refractivity contribution in [3.8, 4) is 5.75 Å². The minimum Gasteiger partial charge on any atom is -0.507 e. The Bertz CT molecular complexity index is 1600. The molecule has 63 heavy (non-hydrogen) atoms. The first kappa shape index (κ1) is 53.3. The number of phenols is 1. The molecule has 1 aromatic carbocycles. The molecule has 2 amide bonds. The van der Waals surface area contributed by atoms with Gasteiger partial charge in [-0.15, -0.1) is 23.5 Å². The first-order valence-corrected chi connectivity index (χ1v) is 23.9. The minimum absolute atomic E-state index is 0.0371. The van der Waals surface area contributed by atoms with Gasteiger partial charge in [0.15, 0.2) is 0 Å². The number of thioether (sulfide) groups is 2. The Kier molecular flexibility index (Phi) is 21.1. The number of hydrogen-bond acceptors (Lipinski definition) is 19. The van der Waals surface area contributed by atoms with Crippen LogP contribution in [0.1, 0.15) is 63.2 Å². The van der Waals surface area contributed by atoms with E-state index in [0.717, 1.165) is 50.5 Å². The lowest BCUT2D eigenvalue weighted by Gasteiger charge is -2.44. The van der Waals surface area contributed by atoms with Gasteiger partial charge < -0.3 is 70.4 Å². The van der Waals surface area contributed by atoms with E-state index in [1.165, 1.54) is 37.9 Å². The highest BCUT2D eigenvalue weighted by Crippen LogP contribution is 2.33. The minimum atomic E-state index is -1.53. The Morgan fingerprint density at radius 1 is 0.857 bits per heavy atom. The first-order chi connectivity index (χ1) is 29.9. The zero-order chi connectivity index (χ0) is 46.7. The molecular weight excluding hydrogens is 865 g/mol. The smallest absolute Gasteiger partial charge is 0.341 e. The number of aromatic hydroxyl groups is 1. The van der Waals surface area contributed by atoms with E-state index in [2.05, 4.69) is 17.6 Å². The number of amides is 2. The molecule has 17 atom stereocenters. The topological polar surface area (TPSA) is 281 Å². The van der Waals surface area contributed by atoms with Crippen molar-refractivity contribution >= 4 is 41.3 Å². The largest absolute Gasteiger partial charge is 0.507 e. The fourth-order valence-corrected chi connectivity index (χ4v) is 10.2.